The minimum Gasteiger partial charge on any atom is -0.385 e. The van der Waals surface area contributed by atoms with E-state index in [-0.39, 0.29) is 92.8 Å². The summed E-state index contributed by atoms with van der Waals surface area (Å²) in [7, 11) is -22.2. The van der Waals surface area contributed by atoms with Crippen molar-refractivity contribution in [3.05, 3.63) is 83.6 Å². The zero-order valence-corrected chi connectivity index (χ0v) is 46.0. The number of hydrogen-bond donors (Lipinski definition) is 5. The summed E-state index contributed by atoms with van der Waals surface area (Å²) < 4.78 is 190. The van der Waals surface area contributed by atoms with Crippen molar-refractivity contribution in [2.45, 2.75) is 102 Å². The molecule has 3 heterocycles. The van der Waals surface area contributed by atoms with Crippen LogP contribution in [0.15, 0.2) is 92.0 Å². The number of carbonyl (C=O) groups excluding carboxylic acids is 3. The van der Waals surface area contributed by atoms with E-state index in [1.807, 2.05) is 4.90 Å². The van der Waals surface area contributed by atoms with Crippen molar-refractivity contribution in [3.8, 4) is 0 Å². The van der Waals surface area contributed by atoms with Crippen molar-refractivity contribution >= 4 is 107 Å². The molecule has 24 nitrogen and oxygen atoms in total. The maximum Gasteiger partial charge on any atom is 0.333 e. The molecular weight excluding hydrogens is 1110 g/mol. The van der Waals surface area contributed by atoms with E-state index in [2.05, 4.69) is 0 Å². The van der Waals surface area contributed by atoms with E-state index < -0.39 is 105 Å². The first-order valence-corrected chi connectivity index (χ1v) is 31.1. The van der Waals surface area contributed by atoms with Crippen LogP contribution in [0.3, 0.4) is 0 Å². The number of rotatable bonds is 23. The summed E-state index contributed by atoms with van der Waals surface area (Å²) in [6, 6.07) is 9.12. The lowest BCUT2D eigenvalue weighted by Crippen LogP contribution is -2.33. The van der Waals surface area contributed by atoms with Gasteiger partial charge in [-0.15, -0.1) is 5.06 Å². The van der Waals surface area contributed by atoms with Gasteiger partial charge in [-0.25, -0.2) is 4.79 Å². The molecule has 2 unspecified atom stereocenters. The maximum absolute atomic E-state index is 12.9. The van der Waals surface area contributed by atoms with Gasteiger partial charge in [0.25, 0.3) is 62.4 Å². The quantitative estimate of drug-likeness (QED) is 0.0280. The van der Waals surface area contributed by atoms with Gasteiger partial charge in [-0.05, 0) is 98.3 Å². The van der Waals surface area contributed by atoms with Crippen molar-refractivity contribution in [2.24, 2.45) is 0 Å². The SMILES string of the molecule is COCCC1(C)C(/C=C/C=C2/N(CCCCCC(=O)ON3C(=O)CCC3=O)c3ccc4c(S(=O)(=O)O)cc(S(=O)(=O)O)cc4c3C2(C)CCOC)=[N+](CCCS(=O)(=O)O)c2ccc3c(S(=O)(=O)O)cc(S(=O)(=O)O)cc3c21. The van der Waals surface area contributed by atoms with Crippen LogP contribution >= 0.6 is 0 Å². The zero-order chi connectivity index (χ0) is 56.8. The van der Waals surface area contributed by atoms with Gasteiger partial charge in [-0.1, -0.05) is 18.6 Å². The van der Waals surface area contributed by atoms with Crippen LogP contribution in [0, 0.1) is 0 Å². The molecule has 3 aliphatic rings. The smallest absolute Gasteiger partial charge is 0.333 e. The summed E-state index contributed by atoms with van der Waals surface area (Å²) >= 11 is 0. The Labute approximate surface area is 444 Å². The third kappa shape index (κ3) is 12.2. The van der Waals surface area contributed by atoms with E-state index in [0.29, 0.717) is 63.9 Å². The van der Waals surface area contributed by atoms with Gasteiger partial charge in [0.05, 0.1) is 21.0 Å². The number of hydroxylamine groups is 2. The van der Waals surface area contributed by atoms with E-state index in [4.69, 9.17) is 14.3 Å². The van der Waals surface area contributed by atoms with Crippen molar-refractivity contribution in [1.82, 2.24) is 5.06 Å². The summed E-state index contributed by atoms with van der Waals surface area (Å²) in [6.07, 6.45) is 5.65. The van der Waals surface area contributed by atoms with Crippen molar-refractivity contribution in [3.63, 3.8) is 0 Å². The number of benzene rings is 4. The van der Waals surface area contributed by atoms with Crippen LogP contribution in [0.4, 0.5) is 11.4 Å². The lowest BCUT2D eigenvalue weighted by Gasteiger charge is -2.31. The molecule has 0 aromatic heterocycles. The first-order chi connectivity index (χ1) is 35.8. The Hall–Kier alpha value is -5.57. The van der Waals surface area contributed by atoms with Crippen LogP contribution in [-0.2, 0) is 90.1 Å². The molecule has 7 rings (SSSR count). The Balaban J connectivity index is 1.43. The van der Waals surface area contributed by atoms with E-state index in [1.54, 1.807) is 42.7 Å². The Bertz CT molecular complexity index is 3780. The molecule has 418 valence electrons. The van der Waals surface area contributed by atoms with Gasteiger partial charge >= 0.3 is 5.97 Å². The molecule has 0 spiro atoms. The normalized spacial score (nSPS) is 19.9. The zero-order valence-electron chi connectivity index (χ0n) is 41.9. The number of imide groups is 1. The maximum atomic E-state index is 12.9. The van der Waals surface area contributed by atoms with Crippen molar-refractivity contribution in [2.75, 3.05) is 51.2 Å². The second-order valence-corrected chi connectivity index (χ2v) is 26.3. The molecule has 2 atom stereocenters. The summed E-state index contributed by atoms with van der Waals surface area (Å²) in [6.45, 7) is 3.66. The highest BCUT2D eigenvalue weighted by atomic mass is 32.2. The minimum atomic E-state index is -5.15. The molecule has 4 aromatic rings. The molecule has 77 heavy (non-hydrogen) atoms. The highest BCUT2D eigenvalue weighted by Gasteiger charge is 2.50. The first kappa shape index (κ1) is 59.1. The fourth-order valence-electron chi connectivity index (χ4n) is 10.5. The monoisotopic (exact) mass is 1170 g/mol. The van der Waals surface area contributed by atoms with E-state index in [9.17, 15) is 79.2 Å². The van der Waals surface area contributed by atoms with Crippen LogP contribution in [0.5, 0.6) is 0 Å². The van der Waals surface area contributed by atoms with Crippen LogP contribution in [-0.4, -0.2) is 144 Å². The Morgan fingerprint density at radius 1 is 0.662 bits per heavy atom. The Morgan fingerprint density at radius 2 is 1.19 bits per heavy atom. The molecule has 1 fully saturated rings. The predicted molar refractivity (Wildman–Crippen MR) is 276 cm³/mol. The lowest BCUT2D eigenvalue weighted by atomic mass is 9.74. The molecule has 5 N–H and O–H groups in total. The van der Waals surface area contributed by atoms with Crippen LogP contribution in [0.1, 0.15) is 82.8 Å². The second kappa shape index (κ2) is 21.9. The molecule has 29 heteroatoms. The van der Waals surface area contributed by atoms with Gasteiger partial charge in [0.2, 0.25) is 5.69 Å². The van der Waals surface area contributed by atoms with Gasteiger partial charge < -0.3 is 19.2 Å². The highest BCUT2D eigenvalue weighted by Crippen LogP contribution is 2.54. The molecule has 0 saturated carbocycles. The average Bonchev–Trinajstić information content (AvgIpc) is 3.87. The number of unbranched alkanes of at least 4 members (excludes halogenated alkanes) is 2. The Kier molecular flexibility index (Phi) is 16.8. The molecule has 0 radical (unpaired) electrons. The topological polar surface area (TPSA) is 360 Å². The largest absolute Gasteiger partial charge is 0.385 e. The number of ether oxygens (including phenoxy) is 2. The molecule has 1 saturated heterocycles. The van der Waals surface area contributed by atoms with Gasteiger partial charge in [-0.2, -0.15) is 46.7 Å². The molecule has 3 aliphatic heterocycles. The minimum absolute atomic E-state index is 0.0214. The van der Waals surface area contributed by atoms with E-state index in [1.165, 1.54) is 32.4 Å². The van der Waals surface area contributed by atoms with Crippen molar-refractivity contribution in [1.29, 1.82) is 0 Å². The fraction of sp³-hybridized carbons (Fsp3) is 0.417. The van der Waals surface area contributed by atoms with Gasteiger partial charge in [0, 0.05) is 105 Å². The summed E-state index contributed by atoms with van der Waals surface area (Å²) in [5, 5.41) is 0.219. The average molecular weight is 1170 g/mol. The first-order valence-electron chi connectivity index (χ1n) is 23.7. The van der Waals surface area contributed by atoms with Gasteiger partial charge in [0.1, 0.15) is 16.3 Å². The number of carbonyl (C=O) groups is 3. The third-order valence-electron chi connectivity index (χ3n) is 14.0. The molecular formula is C48H56N3O21S5+. The van der Waals surface area contributed by atoms with Crippen LogP contribution in [0.2, 0.25) is 0 Å². The third-order valence-corrected chi connectivity index (χ3v) is 18.3. The molecule has 0 bridgehead atoms. The van der Waals surface area contributed by atoms with Crippen LogP contribution < -0.4 is 4.90 Å². The molecule has 4 aromatic carbocycles. The lowest BCUT2D eigenvalue weighted by molar-refractivity contribution is -0.437. The summed E-state index contributed by atoms with van der Waals surface area (Å²) in [5.41, 5.74) is -0.226. The number of hydrogen-bond acceptors (Lipinski definition) is 17. The molecule has 0 aliphatic carbocycles. The summed E-state index contributed by atoms with van der Waals surface area (Å²) in [5.74, 6) is -2.79. The van der Waals surface area contributed by atoms with Crippen molar-refractivity contribution < 1.29 is 98.1 Å². The number of fused-ring (bicyclic) bond motifs is 6. The number of anilines is 1. The van der Waals surface area contributed by atoms with Crippen LogP contribution in [0.25, 0.3) is 21.5 Å². The number of allylic oxidation sites excluding steroid dienone is 4. The standard InChI is InChI=1S/C48H55N3O21S5/c1-47(19-23-70-3)40(49(21-7-5-6-12-44(54)72-51-42(52)17-18-43(51)53)36-15-13-32-34(45(36)47)26-30(74(58,59)60)28-38(32)76(64,65)66)10-8-11-41-48(2,20-24-71-4)46-35-27-31(75(61,62)63)29-39(77(67,68)69)33(35)14-16-37(46)50(41)22-9-25-73(55,56)57/h8,10-11,13-16,26-29H,5-7,9,12,17-25H2,1-4H3,(H4-,55,56,57,58,59,60,61,62,63,64,65,66,67,68,69)/p+1. The fourth-order valence-corrected chi connectivity index (χ4v) is 13.7. The number of nitrogens with zero attached hydrogens (tertiary/aromatic N) is 3. The second-order valence-electron chi connectivity index (χ2n) is 19.1. The number of methoxy groups -OCH3 is 2. The summed E-state index contributed by atoms with van der Waals surface area (Å²) in [4.78, 5) is 40.3. The molecule has 2 amide bonds. The Morgan fingerprint density at radius 3 is 1.71 bits per heavy atom. The predicted octanol–water partition coefficient (Wildman–Crippen LogP) is 5.07. The highest BCUT2D eigenvalue weighted by molar-refractivity contribution is 7.87. The van der Waals surface area contributed by atoms with Gasteiger partial charge in [-0.3, -0.25) is 32.4 Å². The van der Waals surface area contributed by atoms with E-state index >= 15 is 0 Å². The van der Waals surface area contributed by atoms with Gasteiger partial charge in [0.15, 0.2) is 5.71 Å². The number of amides is 2. The van der Waals surface area contributed by atoms with E-state index in [0.717, 1.165) is 12.1 Å².